The van der Waals surface area contributed by atoms with Crippen molar-refractivity contribution in [2.45, 2.75) is 12.8 Å². The summed E-state index contributed by atoms with van der Waals surface area (Å²) < 4.78 is 13.3. The van der Waals surface area contributed by atoms with Crippen LogP contribution in [0.2, 0.25) is 0 Å². The van der Waals surface area contributed by atoms with Crippen LogP contribution in [-0.4, -0.2) is 29.0 Å². The lowest BCUT2D eigenvalue weighted by atomic mass is 10.1. The van der Waals surface area contributed by atoms with E-state index in [0.717, 1.165) is 12.8 Å². The fourth-order valence-corrected chi connectivity index (χ4v) is 1.80. The van der Waals surface area contributed by atoms with Gasteiger partial charge in [0.15, 0.2) is 0 Å². The molecule has 15 heavy (non-hydrogen) atoms. The number of hydrogen-bond acceptors (Lipinski definition) is 2. The second-order valence-electron chi connectivity index (χ2n) is 3.63. The fraction of sp³-hybridized carbons (Fsp3) is 0.364. The topological polar surface area (TPSA) is 40.5 Å². The Balaban J connectivity index is 2.32. The molecule has 0 saturated carbocycles. The van der Waals surface area contributed by atoms with E-state index in [2.05, 4.69) is 0 Å². The molecule has 0 radical (unpaired) electrons. The number of nitrogens with zero attached hydrogens (tertiary/aromatic N) is 1. The molecule has 1 aliphatic heterocycles. The first-order valence-corrected chi connectivity index (χ1v) is 4.97. The molecule has 1 aromatic carbocycles. The van der Waals surface area contributed by atoms with Crippen molar-refractivity contribution in [3.63, 3.8) is 0 Å². The Morgan fingerprint density at radius 1 is 1.33 bits per heavy atom. The zero-order chi connectivity index (χ0) is 10.8. The average molecular weight is 209 g/mol. The molecule has 0 bridgehead atoms. The van der Waals surface area contributed by atoms with Crippen LogP contribution >= 0.6 is 0 Å². The highest BCUT2D eigenvalue weighted by Crippen LogP contribution is 2.23. The van der Waals surface area contributed by atoms with Crippen LogP contribution in [0.25, 0.3) is 0 Å². The van der Waals surface area contributed by atoms with Gasteiger partial charge in [-0.2, -0.15) is 0 Å². The summed E-state index contributed by atoms with van der Waals surface area (Å²) in [4.78, 5) is 13.4. The molecule has 1 heterocycles. The average Bonchev–Trinajstić information content (AvgIpc) is 2.69. The van der Waals surface area contributed by atoms with E-state index in [1.54, 1.807) is 4.90 Å². The zero-order valence-electron chi connectivity index (χ0n) is 8.24. The number of phenolic OH excluding ortho intramolecular Hbond substituents is 1. The van der Waals surface area contributed by atoms with Gasteiger partial charge in [0.25, 0.3) is 5.91 Å². The van der Waals surface area contributed by atoms with Crippen LogP contribution in [0, 0.1) is 5.82 Å². The number of aromatic hydroxyl groups is 1. The predicted molar refractivity (Wildman–Crippen MR) is 53.2 cm³/mol. The van der Waals surface area contributed by atoms with Crippen LogP contribution in [-0.2, 0) is 0 Å². The summed E-state index contributed by atoms with van der Waals surface area (Å²) in [5.74, 6) is -1.36. The Bertz CT molecular complexity index is 366. The van der Waals surface area contributed by atoms with E-state index in [1.807, 2.05) is 0 Å². The Labute approximate surface area is 87.1 Å². The van der Waals surface area contributed by atoms with E-state index < -0.39 is 11.7 Å². The summed E-state index contributed by atoms with van der Waals surface area (Å²) in [5, 5.41) is 9.43. The molecule has 1 aliphatic rings. The predicted octanol–water partition coefficient (Wildman–Crippen LogP) is 1.77. The van der Waals surface area contributed by atoms with Gasteiger partial charge >= 0.3 is 0 Å². The second kappa shape index (κ2) is 3.88. The van der Waals surface area contributed by atoms with Gasteiger partial charge in [0.1, 0.15) is 17.1 Å². The monoisotopic (exact) mass is 209 g/mol. The van der Waals surface area contributed by atoms with E-state index in [-0.39, 0.29) is 11.3 Å². The fourth-order valence-electron chi connectivity index (χ4n) is 1.80. The van der Waals surface area contributed by atoms with Gasteiger partial charge in [-0.15, -0.1) is 0 Å². The van der Waals surface area contributed by atoms with E-state index in [1.165, 1.54) is 18.2 Å². The van der Waals surface area contributed by atoms with Crippen LogP contribution in [0.15, 0.2) is 18.2 Å². The first-order valence-electron chi connectivity index (χ1n) is 4.97. The van der Waals surface area contributed by atoms with Crippen LogP contribution < -0.4 is 0 Å². The molecule has 2 rings (SSSR count). The largest absolute Gasteiger partial charge is 0.507 e. The third kappa shape index (κ3) is 1.79. The Kier molecular flexibility index (Phi) is 2.58. The third-order valence-electron chi connectivity index (χ3n) is 2.60. The number of amides is 1. The van der Waals surface area contributed by atoms with E-state index in [9.17, 15) is 14.3 Å². The van der Waals surface area contributed by atoms with E-state index >= 15 is 0 Å². The minimum Gasteiger partial charge on any atom is -0.507 e. The Hall–Kier alpha value is -1.58. The maximum absolute atomic E-state index is 13.3. The Morgan fingerprint density at radius 3 is 2.60 bits per heavy atom. The third-order valence-corrected chi connectivity index (χ3v) is 2.60. The molecule has 80 valence electrons. The van der Waals surface area contributed by atoms with Crippen LogP contribution in [0.3, 0.4) is 0 Å². The van der Waals surface area contributed by atoms with Crippen LogP contribution in [0.4, 0.5) is 4.39 Å². The molecule has 3 nitrogen and oxygen atoms in total. The smallest absolute Gasteiger partial charge is 0.260 e. The van der Waals surface area contributed by atoms with Gasteiger partial charge in [0.2, 0.25) is 0 Å². The lowest BCUT2D eigenvalue weighted by Gasteiger charge is -2.16. The van der Waals surface area contributed by atoms with Gasteiger partial charge in [-0.3, -0.25) is 4.79 Å². The molecule has 1 amide bonds. The van der Waals surface area contributed by atoms with Crippen LogP contribution in [0.1, 0.15) is 23.2 Å². The molecule has 0 aliphatic carbocycles. The maximum atomic E-state index is 13.3. The first-order chi connectivity index (χ1) is 7.20. The summed E-state index contributed by atoms with van der Waals surface area (Å²) in [6.45, 7) is 1.29. The standard InChI is InChI=1S/C11H12FNO2/c12-8-4-3-5-9(14)10(8)11(15)13-6-1-2-7-13/h3-5,14H,1-2,6-7H2. The first kappa shape index (κ1) is 9.96. The molecule has 0 atom stereocenters. The molecular weight excluding hydrogens is 197 g/mol. The van der Waals surface area contributed by atoms with Crippen molar-refractivity contribution < 1.29 is 14.3 Å². The van der Waals surface area contributed by atoms with Gasteiger partial charge < -0.3 is 10.0 Å². The normalized spacial score (nSPS) is 15.7. The number of carbonyl (C=O) groups excluding carboxylic acids is 1. The quantitative estimate of drug-likeness (QED) is 0.765. The van der Waals surface area contributed by atoms with E-state index in [0.29, 0.717) is 13.1 Å². The summed E-state index contributed by atoms with van der Waals surface area (Å²) in [5.41, 5.74) is -0.209. The van der Waals surface area contributed by atoms with Crippen molar-refractivity contribution in [1.29, 1.82) is 0 Å². The highest BCUT2D eigenvalue weighted by Gasteiger charge is 2.24. The number of benzene rings is 1. The molecule has 1 saturated heterocycles. The summed E-state index contributed by atoms with van der Waals surface area (Å²) in [7, 11) is 0. The molecule has 0 spiro atoms. The van der Waals surface area contributed by atoms with Gasteiger partial charge in [-0.1, -0.05) is 6.07 Å². The highest BCUT2D eigenvalue weighted by molar-refractivity contribution is 5.97. The van der Waals surface area contributed by atoms with Gasteiger partial charge in [-0.25, -0.2) is 4.39 Å². The maximum Gasteiger partial charge on any atom is 0.260 e. The number of likely N-dealkylation sites (tertiary alicyclic amines) is 1. The molecule has 1 aromatic rings. The summed E-state index contributed by atoms with van der Waals surface area (Å²) in [6, 6.07) is 3.89. The van der Waals surface area contributed by atoms with Crippen LogP contribution in [0.5, 0.6) is 5.75 Å². The number of phenols is 1. The van der Waals surface area contributed by atoms with Crippen molar-refractivity contribution in [1.82, 2.24) is 4.90 Å². The molecule has 4 heteroatoms. The number of hydrogen-bond donors (Lipinski definition) is 1. The lowest BCUT2D eigenvalue weighted by molar-refractivity contribution is 0.0785. The van der Waals surface area contributed by atoms with Crippen molar-refractivity contribution in [2.75, 3.05) is 13.1 Å². The number of carbonyl (C=O) groups is 1. The highest BCUT2D eigenvalue weighted by atomic mass is 19.1. The minimum absolute atomic E-state index is 0.209. The molecule has 0 aromatic heterocycles. The SMILES string of the molecule is O=C(c1c(O)cccc1F)N1CCCC1. The second-order valence-corrected chi connectivity index (χ2v) is 3.63. The minimum atomic E-state index is -0.660. The summed E-state index contributed by atoms with van der Waals surface area (Å²) in [6.07, 6.45) is 1.89. The molecular formula is C11H12FNO2. The van der Waals surface area contributed by atoms with Gasteiger partial charge in [0, 0.05) is 13.1 Å². The number of halogens is 1. The lowest BCUT2D eigenvalue weighted by Crippen LogP contribution is -2.28. The van der Waals surface area contributed by atoms with Gasteiger partial charge in [0.05, 0.1) is 0 Å². The Morgan fingerprint density at radius 2 is 2.00 bits per heavy atom. The van der Waals surface area contributed by atoms with Crippen molar-refractivity contribution in [3.05, 3.63) is 29.6 Å². The summed E-state index contributed by atoms with van der Waals surface area (Å²) >= 11 is 0. The molecule has 1 fully saturated rings. The molecule has 1 N–H and O–H groups in total. The number of rotatable bonds is 1. The van der Waals surface area contributed by atoms with E-state index in [4.69, 9.17) is 0 Å². The van der Waals surface area contributed by atoms with Gasteiger partial charge in [-0.05, 0) is 25.0 Å². The molecule has 0 unspecified atom stereocenters. The zero-order valence-corrected chi connectivity index (χ0v) is 8.24. The van der Waals surface area contributed by atoms with Crippen molar-refractivity contribution in [3.8, 4) is 5.75 Å². The van der Waals surface area contributed by atoms with Crippen molar-refractivity contribution >= 4 is 5.91 Å². The van der Waals surface area contributed by atoms with Crippen molar-refractivity contribution in [2.24, 2.45) is 0 Å².